The fourth-order valence-electron chi connectivity index (χ4n) is 1.49. The first kappa shape index (κ1) is 13.6. The molecule has 0 saturated carbocycles. The third-order valence-electron chi connectivity index (χ3n) is 2.40. The van der Waals surface area contributed by atoms with Gasteiger partial charge in [0.2, 0.25) is 0 Å². The molecule has 0 aliphatic rings. The molecule has 0 aromatic heterocycles. The van der Waals surface area contributed by atoms with Crippen LogP contribution in [0.4, 0.5) is 0 Å². The molecule has 1 aromatic carbocycles. The lowest BCUT2D eigenvalue weighted by atomic mass is 10.1. The number of hydrogen-bond donors (Lipinski definition) is 1. The van der Waals surface area contributed by atoms with E-state index in [2.05, 4.69) is 25.2 Å². The largest absolute Gasteiger partial charge is 0.317 e. The Kier molecular flexibility index (Phi) is 5.89. The Balaban J connectivity index is 2.72. The first-order valence-corrected chi connectivity index (χ1v) is 6.24. The molecular formula is C13H17Cl2N. The zero-order chi connectivity index (χ0) is 12.0. The van der Waals surface area contributed by atoms with E-state index in [-0.39, 0.29) is 0 Å². The molecular weight excluding hydrogens is 241 g/mol. The Morgan fingerprint density at radius 2 is 2.12 bits per heavy atom. The third kappa shape index (κ3) is 3.82. The molecule has 3 heteroatoms. The van der Waals surface area contributed by atoms with Gasteiger partial charge in [-0.15, -0.1) is 0 Å². The van der Waals surface area contributed by atoms with Gasteiger partial charge in [-0.2, -0.15) is 0 Å². The summed E-state index contributed by atoms with van der Waals surface area (Å²) in [5, 5.41) is 4.53. The fraction of sp³-hybridized carbons (Fsp3) is 0.385. The first-order valence-electron chi connectivity index (χ1n) is 5.48. The standard InChI is InChI=1S/C13H17Cl2N/c1-3-16-9-5-6-10(2)11-7-4-8-12(14)13(11)15/h4,6-8,16H,3,5,9H2,1-2H3. The van der Waals surface area contributed by atoms with Crippen LogP contribution in [0, 0.1) is 0 Å². The predicted octanol–water partition coefficient (Wildman–Crippen LogP) is 4.40. The van der Waals surface area contributed by atoms with Crippen LogP contribution >= 0.6 is 23.2 Å². The molecule has 0 amide bonds. The lowest BCUT2D eigenvalue weighted by molar-refractivity contribution is 0.727. The molecule has 1 N–H and O–H groups in total. The predicted molar refractivity (Wildman–Crippen MR) is 73.3 cm³/mol. The van der Waals surface area contributed by atoms with E-state index in [0.29, 0.717) is 10.0 Å². The van der Waals surface area contributed by atoms with Crippen molar-refractivity contribution in [2.45, 2.75) is 20.3 Å². The Morgan fingerprint density at radius 1 is 1.38 bits per heavy atom. The maximum atomic E-state index is 6.14. The Hall–Kier alpha value is -0.500. The number of nitrogens with one attached hydrogen (secondary N) is 1. The topological polar surface area (TPSA) is 12.0 Å². The number of rotatable bonds is 5. The van der Waals surface area contributed by atoms with Crippen LogP contribution in [0.5, 0.6) is 0 Å². The Morgan fingerprint density at radius 3 is 2.81 bits per heavy atom. The van der Waals surface area contributed by atoms with E-state index in [0.717, 1.165) is 25.1 Å². The van der Waals surface area contributed by atoms with Crippen LogP contribution in [0.25, 0.3) is 5.57 Å². The first-order chi connectivity index (χ1) is 7.66. The maximum absolute atomic E-state index is 6.14. The summed E-state index contributed by atoms with van der Waals surface area (Å²) in [6.07, 6.45) is 3.18. The lowest BCUT2D eigenvalue weighted by Gasteiger charge is -2.06. The van der Waals surface area contributed by atoms with Gasteiger partial charge in [0.05, 0.1) is 10.0 Å². The summed E-state index contributed by atoms with van der Waals surface area (Å²) in [6.45, 7) is 6.16. The fourth-order valence-corrected chi connectivity index (χ4v) is 1.94. The van der Waals surface area contributed by atoms with Gasteiger partial charge in [-0.25, -0.2) is 0 Å². The van der Waals surface area contributed by atoms with Crippen molar-refractivity contribution in [2.24, 2.45) is 0 Å². The summed E-state index contributed by atoms with van der Waals surface area (Å²) in [7, 11) is 0. The highest BCUT2D eigenvalue weighted by molar-refractivity contribution is 6.43. The summed E-state index contributed by atoms with van der Waals surface area (Å²) in [5.41, 5.74) is 2.19. The second-order valence-electron chi connectivity index (χ2n) is 3.63. The zero-order valence-electron chi connectivity index (χ0n) is 9.69. The van der Waals surface area contributed by atoms with E-state index in [1.807, 2.05) is 12.1 Å². The molecule has 1 aromatic rings. The monoisotopic (exact) mass is 257 g/mol. The van der Waals surface area contributed by atoms with Gasteiger partial charge in [0.15, 0.2) is 0 Å². The number of hydrogen-bond acceptors (Lipinski definition) is 1. The minimum atomic E-state index is 0.610. The molecule has 0 unspecified atom stereocenters. The van der Waals surface area contributed by atoms with Crippen molar-refractivity contribution in [3.63, 3.8) is 0 Å². The maximum Gasteiger partial charge on any atom is 0.0667 e. The minimum Gasteiger partial charge on any atom is -0.317 e. The van der Waals surface area contributed by atoms with Crippen molar-refractivity contribution >= 4 is 28.8 Å². The zero-order valence-corrected chi connectivity index (χ0v) is 11.2. The summed E-state index contributed by atoms with van der Waals surface area (Å²) in [6, 6.07) is 5.72. The number of benzene rings is 1. The molecule has 16 heavy (non-hydrogen) atoms. The summed E-state index contributed by atoms with van der Waals surface area (Å²) in [5.74, 6) is 0. The molecule has 1 rings (SSSR count). The van der Waals surface area contributed by atoms with E-state index in [1.165, 1.54) is 5.57 Å². The van der Waals surface area contributed by atoms with Crippen LogP contribution in [0.2, 0.25) is 10.0 Å². The van der Waals surface area contributed by atoms with Gasteiger partial charge >= 0.3 is 0 Å². The molecule has 0 bridgehead atoms. The van der Waals surface area contributed by atoms with Crippen molar-refractivity contribution in [1.29, 1.82) is 0 Å². The van der Waals surface area contributed by atoms with Gasteiger partial charge in [0.25, 0.3) is 0 Å². The second-order valence-corrected chi connectivity index (χ2v) is 4.42. The van der Waals surface area contributed by atoms with E-state index in [9.17, 15) is 0 Å². The van der Waals surface area contributed by atoms with Crippen LogP contribution in [0.3, 0.4) is 0 Å². The van der Waals surface area contributed by atoms with Crippen molar-refractivity contribution < 1.29 is 0 Å². The smallest absolute Gasteiger partial charge is 0.0667 e. The van der Waals surface area contributed by atoms with Gasteiger partial charge in [-0.3, -0.25) is 0 Å². The van der Waals surface area contributed by atoms with Crippen LogP contribution in [-0.2, 0) is 0 Å². The van der Waals surface area contributed by atoms with Crippen molar-refractivity contribution in [2.75, 3.05) is 13.1 Å². The second kappa shape index (κ2) is 6.95. The van der Waals surface area contributed by atoms with Gasteiger partial charge < -0.3 is 5.32 Å². The molecule has 0 atom stereocenters. The van der Waals surface area contributed by atoms with Gasteiger partial charge in [-0.1, -0.05) is 48.3 Å². The lowest BCUT2D eigenvalue weighted by Crippen LogP contribution is -2.13. The van der Waals surface area contributed by atoms with E-state index in [4.69, 9.17) is 23.2 Å². The number of allylic oxidation sites excluding steroid dienone is 1. The number of halogens is 2. The molecule has 0 radical (unpaired) electrons. The summed E-state index contributed by atoms with van der Waals surface area (Å²) in [4.78, 5) is 0. The highest BCUT2D eigenvalue weighted by Gasteiger charge is 2.04. The minimum absolute atomic E-state index is 0.610. The average Bonchev–Trinajstić information content (AvgIpc) is 2.28. The van der Waals surface area contributed by atoms with E-state index >= 15 is 0 Å². The van der Waals surface area contributed by atoms with E-state index < -0.39 is 0 Å². The van der Waals surface area contributed by atoms with Crippen molar-refractivity contribution in [3.05, 3.63) is 39.9 Å². The molecule has 88 valence electrons. The quantitative estimate of drug-likeness (QED) is 0.772. The van der Waals surface area contributed by atoms with Gasteiger partial charge in [0, 0.05) is 0 Å². The van der Waals surface area contributed by atoms with Crippen LogP contribution in [-0.4, -0.2) is 13.1 Å². The molecule has 0 saturated heterocycles. The molecule has 0 fully saturated rings. The third-order valence-corrected chi connectivity index (χ3v) is 3.22. The molecule has 0 heterocycles. The SMILES string of the molecule is CCNCCC=C(C)c1cccc(Cl)c1Cl. The van der Waals surface area contributed by atoms with Gasteiger partial charge in [-0.05, 0) is 43.6 Å². The van der Waals surface area contributed by atoms with Crippen LogP contribution in [0.15, 0.2) is 24.3 Å². The van der Waals surface area contributed by atoms with Crippen LogP contribution in [0.1, 0.15) is 25.8 Å². The highest BCUT2D eigenvalue weighted by atomic mass is 35.5. The summed E-state index contributed by atoms with van der Waals surface area (Å²) < 4.78 is 0. The van der Waals surface area contributed by atoms with E-state index in [1.54, 1.807) is 6.07 Å². The Bertz CT molecular complexity index is 372. The molecule has 0 aliphatic carbocycles. The molecule has 1 nitrogen and oxygen atoms in total. The highest BCUT2D eigenvalue weighted by Crippen LogP contribution is 2.30. The normalized spacial score (nSPS) is 11.9. The Labute approximate surface area is 107 Å². The van der Waals surface area contributed by atoms with Crippen molar-refractivity contribution in [1.82, 2.24) is 5.32 Å². The van der Waals surface area contributed by atoms with Crippen molar-refractivity contribution in [3.8, 4) is 0 Å². The average molecular weight is 258 g/mol. The van der Waals surface area contributed by atoms with Crippen LogP contribution < -0.4 is 5.32 Å². The van der Waals surface area contributed by atoms with Gasteiger partial charge in [0.1, 0.15) is 0 Å². The summed E-state index contributed by atoms with van der Waals surface area (Å²) >= 11 is 12.1. The molecule has 0 spiro atoms. The molecule has 0 aliphatic heterocycles.